The minimum Gasteiger partial charge on any atom is -0.374 e. The average Bonchev–Trinajstić information content (AvgIpc) is 2.63. The third-order valence-electron chi connectivity index (χ3n) is 2.36. The molecular formula is C10H16N2OS. The number of rotatable bonds is 3. The summed E-state index contributed by atoms with van der Waals surface area (Å²) in [6.07, 6.45) is 0.310. The van der Waals surface area contributed by atoms with Crippen molar-refractivity contribution in [1.29, 1.82) is 0 Å². The average molecular weight is 212 g/mol. The Labute approximate surface area is 88.5 Å². The van der Waals surface area contributed by atoms with E-state index in [0.29, 0.717) is 6.10 Å². The van der Waals surface area contributed by atoms with Crippen LogP contribution in [0.2, 0.25) is 0 Å². The van der Waals surface area contributed by atoms with E-state index in [0.717, 1.165) is 26.2 Å². The number of morpholine rings is 1. The lowest BCUT2D eigenvalue weighted by atomic mass is 10.3. The van der Waals surface area contributed by atoms with Crippen LogP contribution in [0.1, 0.15) is 5.56 Å². The van der Waals surface area contributed by atoms with Crippen molar-refractivity contribution in [3.63, 3.8) is 0 Å². The monoisotopic (exact) mass is 212 g/mol. The van der Waals surface area contributed by atoms with Crippen LogP contribution in [0.5, 0.6) is 0 Å². The fourth-order valence-corrected chi connectivity index (χ4v) is 2.34. The molecule has 1 unspecified atom stereocenters. The summed E-state index contributed by atoms with van der Waals surface area (Å²) in [5, 5.41) is 10.1. The van der Waals surface area contributed by atoms with Gasteiger partial charge in [0.25, 0.3) is 0 Å². The summed E-state index contributed by atoms with van der Waals surface area (Å²) in [5.41, 5.74) is 1.32. The first-order valence-corrected chi connectivity index (χ1v) is 5.84. The molecule has 0 aliphatic carbocycles. The van der Waals surface area contributed by atoms with E-state index in [1.54, 1.807) is 11.3 Å². The highest BCUT2D eigenvalue weighted by molar-refractivity contribution is 7.14. The highest BCUT2D eigenvalue weighted by atomic mass is 32.1. The molecule has 3 nitrogen and oxygen atoms in total. The van der Waals surface area contributed by atoms with E-state index in [1.807, 2.05) is 0 Å². The first-order valence-electron chi connectivity index (χ1n) is 4.96. The fourth-order valence-electron chi connectivity index (χ4n) is 1.51. The zero-order chi connectivity index (χ0) is 9.80. The molecule has 0 spiro atoms. The maximum absolute atomic E-state index is 5.60. The van der Waals surface area contributed by atoms with Gasteiger partial charge in [-0.1, -0.05) is 0 Å². The van der Waals surface area contributed by atoms with Crippen molar-refractivity contribution in [2.45, 2.75) is 13.0 Å². The van der Waals surface area contributed by atoms with E-state index in [-0.39, 0.29) is 0 Å². The van der Waals surface area contributed by atoms with Crippen LogP contribution in [0.15, 0.2) is 11.4 Å². The van der Waals surface area contributed by atoms with Gasteiger partial charge in [-0.25, -0.2) is 0 Å². The lowest BCUT2D eigenvalue weighted by Gasteiger charge is -2.24. The van der Waals surface area contributed by atoms with Gasteiger partial charge in [-0.3, -0.25) is 0 Å². The summed E-state index contributed by atoms with van der Waals surface area (Å²) in [6.45, 7) is 5.79. The number of nitrogens with one attached hydrogen (secondary N) is 2. The molecule has 1 aromatic heterocycles. The molecule has 0 radical (unpaired) electrons. The quantitative estimate of drug-likeness (QED) is 0.796. The van der Waals surface area contributed by atoms with Crippen molar-refractivity contribution in [2.24, 2.45) is 0 Å². The molecule has 14 heavy (non-hydrogen) atoms. The highest BCUT2D eigenvalue weighted by Crippen LogP contribution is 2.21. The Morgan fingerprint density at radius 3 is 3.29 bits per heavy atom. The van der Waals surface area contributed by atoms with Gasteiger partial charge in [-0.15, -0.1) is 11.3 Å². The second-order valence-corrected chi connectivity index (χ2v) is 4.43. The van der Waals surface area contributed by atoms with Gasteiger partial charge in [0.15, 0.2) is 0 Å². The lowest BCUT2D eigenvalue weighted by molar-refractivity contribution is 0.0372. The Kier molecular flexibility index (Phi) is 3.39. The highest BCUT2D eigenvalue weighted by Gasteiger charge is 2.13. The summed E-state index contributed by atoms with van der Waals surface area (Å²) in [6, 6.07) is 2.13. The van der Waals surface area contributed by atoms with E-state index >= 15 is 0 Å². The minimum absolute atomic E-state index is 0.310. The first kappa shape index (κ1) is 9.96. The third-order valence-corrected chi connectivity index (χ3v) is 3.33. The van der Waals surface area contributed by atoms with E-state index in [2.05, 4.69) is 29.0 Å². The number of hydrogen-bond acceptors (Lipinski definition) is 4. The van der Waals surface area contributed by atoms with Crippen molar-refractivity contribution in [1.82, 2.24) is 5.32 Å². The molecule has 1 aromatic rings. The van der Waals surface area contributed by atoms with Crippen LogP contribution in [-0.2, 0) is 4.74 Å². The molecule has 2 heterocycles. The predicted molar refractivity (Wildman–Crippen MR) is 60.2 cm³/mol. The van der Waals surface area contributed by atoms with Gasteiger partial charge in [0.2, 0.25) is 0 Å². The smallest absolute Gasteiger partial charge is 0.0913 e. The van der Waals surface area contributed by atoms with Crippen LogP contribution in [0.25, 0.3) is 0 Å². The van der Waals surface area contributed by atoms with Gasteiger partial charge in [0.1, 0.15) is 0 Å². The van der Waals surface area contributed by atoms with Crippen molar-refractivity contribution >= 4 is 16.3 Å². The maximum atomic E-state index is 5.60. The molecule has 1 aliphatic rings. The predicted octanol–water partition coefficient (Wildman–Crippen LogP) is 1.46. The topological polar surface area (TPSA) is 33.3 Å². The molecule has 1 fully saturated rings. The van der Waals surface area contributed by atoms with E-state index in [1.165, 1.54) is 10.6 Å². The summed E-state index contributed by atoms with van der Waals surface area (Å²) >= 11 is 1.75. The number of ether oxygens (including phenoxy) is 1. The zero-order valence-electron chi connectivity index (χ0n) is 8.38. The van der Waals surface area contributed by atoms with Crippen LogP contribution >= 0.6 is 11.3 Å². The Hall–Kier alpha value is -0.580. The van der Waals surface area contributed by atoms with Crippen molar-refractivity contribution < 1.29 is 4.74 Å². The molecule has 2 N–H and O–H groups in total. The molecule has 2 rings (SSSR count). The Bertz CT molecular complexity index is 281. The Morgan fingerprint density at radius 2 is 2.64 bits per heavy atom. The van der Waals surface area contributed by atoms with E-state index in [9.17, 15) is 0 Å². The van der Waals surface area contributed by atoms with Crippen molar-refractivity contribution in [3.05, 3.63) is 17.0 Å². The van der Waals surface area contributed by atoms with Crippen LogP contribution in [0, 0.1) is 6.92 Å². The molecule has 1 aliphatic heterocycles. The number of anilines is 1. The van der Waals surface area contributed by atoms with E-state index in [4.69, 9.17) is 4.74 Å². The van der Waals surface area contributed by atoms with Crippen LogP contribution in [-0.4, -0.2) is 32.3 Å². The van der Waals surface area contributed by atoms with Crippen molar-refractivity contribution in [2.75, 3.05) is 31.6 Å². The van der Waals surface area contributed by atoms with Crippen LogP contribution < -0.4 is 10.6 Å². The molecule has 1 saturated heterocycles. The van der Waals surface area contributed by atoms with Gasteiger partial charge in [-0.05, 0) is 23.9 Å². The fraction of sp³-hybridized carbons (Fsp3) is 0.600. The van der Waals surface area contributed by atoms with Crippen LogP contribution in [0.4, 0.5) is 5.00 Å². The van der Waals surface area contributed by atoms with Gasteiger partial charge < -0.3 is 15.4 Å². The molecule has 78 valence electrons. The van der Waals surface area contributed by atoms with Gasteiger partial charge in [0.05, 0.1) is 17.7 Å². The summed E-state index contributed by atoms with van der Waals surface area (Å²) in [5.74, 6) is 0. The molecule has 0 aromatic carbocycles. The maximum Gasteiger partial charge on any atom is 0.0913 e. The molecule has 0 saturated carbocycles. The van der Waals surface area contributed by atoms with E-state index < -0.39 is 0 Å². The Morgan fingerprint density at radius 1 is 1.71 bits per heavy atom. The standard InChI is InChI=1S/C10H16N2OS/c1-8-2-5-14-10(8)12-7-9-6-11-3-4-13-9/h2,5,9,11-12H,3-4,6-7H2,1H3. The largest absolute Gasteiger partial charge is 0.374 e. The lowest BCUT2D eigenvalue weighted by Crippen LogP contribution is -2.42. The zero-order valence-corrected chi connectivity index (χ0v) is 9.19. The van der Waals surface area contributed by atoms with Crippen molar-refractivity contribution in [3.8, 4) is 0 Å². The number of hydrogen-bond donors (Lipinski definition) is 2. The second-order valence-electron chi connectivity index (χ2n) is 3.51. The molecule has 1 atom stereocenters. The summed E-state index contributed by atoms with van der Waals surface area (Å²) in [4.78, 5) is 0. The molecule has 4 heteroatoms. The minimum atomic E-state index is 0.310. The Balaban J connectivity index is 1.79. The van der Waals surface area contributed by atoms with Crippen LogP contribution in [0.3, 0.4) is 0 Å². The summed E-state index contributed by atoms with van der Waals surface area (Å²) in [7, 11) is 0. The SMILES string of the molecule is Cc1ccsc1NCC1CNCCO1. The van der Waals surface area contributed by atoms with Gasteiger partial charge in [0, 0.05) is 19.6 Å². The molecule has 0 amide bonds. The molecular weight excluding hydrogens is 196 g/mol. The number of thiophene rings is 1. The van der Waals surface area contributed by atoms with Gasteiger partial charge in [-0.2, -0.15) is 0 Å². The summed E-state index contributed by atoms with van der Waals surface area (Å²) < 4.78 is 5.60. The molecule has 0 bridgehead atoms. The normalized spacial score (nSPS) is 22.2. The first-order chi connectivity index (χ1) is 6.86. The third kappa shape index (κ3) is 2.47. The second kappa shape index (κ2) is 4.77. The van der Waals surface area contributed by atoms with Gasteiger partial charge >= 0.3 is 0 Å². The number of aryl methyl sites for hydroxylation is 1.